The summed E-state index contributed by atoms with van der Waals surface area (Å²) in [7, 11) is 1.69. The second kappa shape index (κ2) is 8.79. The van der Waals surface area contributed by atoms with Crippen LogP contribution in [0.2, 0.25) is 0 Å². The maximum Gasteiger partial charge on any atom is 0.251 e. The summed E-state index contributed by atoms with van der Waals surface area (Å²) in [6.45, 7) is 6.46. The molecule has 4 rings (SSSR count). The number of hydrogen-bond donors (Lipinski definition) is 1. The first kappa shape index (κ1) is 20.3. The van der Waals surface area contributed by atoms with Crippen molar-refractivity contribution >= 4 is 16.9 Å². The molecule has 1 saturated heterocycles. The second-order valence-electron chi connectivity index (χ2n) is 7.81. The zero-order valence-electron chi connectivity index (χ0n) is 17.8. The van der Waals surface area contributed by atoms with Gasteiger partial charge in [-0.1, -0.05) is 18.2 Å². The first-order valence-corrected chi connectivity index (χ1v) is 10.5. The molecule has 3 aromatic rings. The number of nitrogens with zero attached hydrogens (tertiary/aromatic N) is 3. The number of carbonyl (C=O) groups excluding carboxylic acids is 1. The van der Waals surface area contributed by atoms with Gasteiger partial charge in [0.2, 0.25) is 0 Å². The van der Waals surface area contributed by atoms with Gasteiger partial charge in [0.15, 0.2) is 0 Å². The molecule has 1 fully saturated rings. The molecule has 6 heteroatoms. The summed E-state index contributed by atoms with van der Waals surface area (Å²) in [5.74, 6) is 0.756. The van der Waals surface area contributed by atoms with E-state index in [1.165, 1.54) is 12.8 Å². The van der Waals surface area contributed by atoms with E-state index in [0.29, 0.717) is 12.1 Å². The Kier molecular flexibility index (Phi) is 5.95. The molecule has 1 aliphatic rings. The minimum atomic E-state index is -0.101. The van der Waals surface area contributed by atoms with Crippen molar-refractivity contribution < 1.29 is 9.53 Å². The van der Waals surface area contributed by atoms with Gasteiger partial charge in [-0.15, -0.1) is 0 Å². The van der Waals surface area contributed by atoms with Gasteiger partial charge in [0.1, 0.15) is 5.75 Å². The van der Waals surface area contributed by atoms with Gasteiger partial charge in [0.25, 0.3) is 5.91 Å². The molecule has 0 radical (unpaired) electrons. The maximum atomic E-state index is 12.9. The molecule has 0 saturated carbocycles. The van der Waals surface area contributed by atoms with E-state index in [1.54, 1.807) is 7.11 Å². The highest BCUT2D eigenvalue weighted by molar-refractivity contribution is 5.97. The van der Waals surface area contributed by atoms with Gasteiger partial charge in [-0.2, -0.15) is 0 Å². The lowest BCUT2D eigenvalue weighted by Gasteiger charge is -2.29. The van der Waals surface area contributed by atoms with Crippen molar-refractivity contribution in [1.29, 1.82) is 0 Å². The maximum absolute atomic E-state index is 12.9. The fraction of sp³-hybridized carbons (Fsp3) is 0.375. The van der Waals surface area contributed by atoms with Crippen LogP contribution < -0.4 is 10.1 Å². The molecule has 1 N–H and O–H groups in total. The number of benzene rings is 2. The van der Waals surface area contributed by atoms with Crippen LogP contribution >= 0.6 is 0 Å². The van der Waals surface area contributed by atoms with Crippen molar-refractivity contribution in [3.8, 4) is 5.75 Å². The van der Waals surface area contributed by atoms with E-state index in [2.05, 4.69) is 26.3 Å². The Balaban J connectivity index is 1.55. The van der Waals surface area contributed by atoms with Gasteiger partial charge < -0.3 is 10.1 Å². The van der Waals surface area contributed by atoms with Gasteiger partial charge >= 0.3 is 0 Å². The molecule has 0 spiro atoms. The summed E-state index contributed by atoms with van der Waals surface area (Å²) in [6.07, 6.45) is 2.36. The number of methoxy groups -OCH3 is 1. The molecular weight excluding hydrogens is 376 g/mol. The highest BCUT2D eigenvalue weighted by Crippen LogP contribution is 2.31. The Labute approximate surface area is 177 Å². The monoisotopic (exact) mass is 404 g/mol. The second-order valence-corrected chi connectivity index (χ2v) is 7.81. The largest absolute Gasteiger partial charge is 0.496 e. The van der Waals surface area contributed by atoms with Gasteiger partial charge in [-0.25, -0.2) is 9.97 Å². The molecule has 0 unspecified atom stereocenters. The van der Waals surface area contributed by atoms with Crippen molar-refractivity contribution in [2.45, 2.75) is 32.7 Å². The molecule has 1 aromatic heterocycles. The molecule has 1 atom stereocenters. The Morgan fingerprint density at radius 1 is 1.07 bits per heavy atom. The third-order valence-electron chi connectivity index (χ3n) is 5.87. The van der Waals surface area contributed by atoms with Crippen LogP contribution in [0.25, 0.3) is 11.0 Å². The standard InChI is InChI=1S/C24H28N4O2/c1-16-17(2)27-21-14-18(10-11-20(21)26-16)24(29)25-15-22(28-12-6-7-13-28)19-8-4-5-9-23(19)30-3/h4-5,8-11,14,22H,6-7,12-13,15H2,1-3H3,(H,25,29)/t22-/m0/s1. The quantitative estimate of drug-likeness (QED) is 0.676. The Hall–Kier alpha value is -2.99. The van der Waals surface area contributed by atoms with E-state index in [4.69, 9.17) is 4.74 Å². The molecule has 0 aliphatic carbocycles. The number of aromatic nitrogens is 2. The van der Waals surface area contributed by atoms with Crippen molar-refractivity contribution in [2.75, 3.05) is 26.7 Å². The SMILES string of the molecule is COc1ccccc1[C@H](CNC(=O)c1ccc2nc(C)c(C)nc2c1)N1CCCC1. The van der Waals surface area contributed by atoms with Gasteiger partial charge in [-0.05, 0) is 64.0 Å². The molecule has 2 heterocycles. The fourth-order valence-corrected chi connectivity index (χ4v) is 4.09. The normalized spacial score (nSPS) is 15.3. The Morgan fingerprint density at radius 2 is 1.77 bits per heavy atom. The number of carbonyl (C=O) groups is 1. The topological polar surface area (TPSA) is 67.3 Å². The number of likely N-dealkylation sites (tertiary alicyclic amines) is 1. The van der Waals surface area contributed by atoms with Crippen LogP contribution in [0.5, 0.6) is 5.75 Å². The van der Waals surface area contributed by atoms with E-state index < -0.39 is 0 Å². The molecule has 6 nitrogen and oxygen atoms in total. The number of nitrogens with one attached hydrogen (secondary N) is 1. The molecule has 30 heavy (non-hydrogen) atoms. The zero-order valence-corrected chi connectivity index (χ0v) is 17.8. The molecule has 1 amide bonds. The minimum absolute atomic E-state index is 0.0812. The lowest BCUT2D eigenvalue weighted by molar-refractivity contribution is 0.0937. The number of amides is 1. The third kappa shape index (κ3) is 4.14. The zero-order chi connectivity index (χ0) is 21.1. The van der Waals surface area contributed by atoms with E-state index in [9.17, 15) is 4.79 Å². The molecule has 156 valence electrons. The lowest BCUT2D eigenvalue weighted by atomic mass is 10.0. The van der Waals surface area contributed by atoms with Crippen LogP contribution in [-0.2, 0) is 0 Å². The summed E-state index contributed by atoms with van der Waals surface area (Å²) in [5.41, 5.74) is 5.04. The van der Waals surface area contributed by atoms with E-state index >= 15 is 0 Å². The van der Waals surface area contributed by atoms with Gasteiger partial charge in [0, 0.05) is 17.7 Å². The number of hydrogen-bond acceptors (Lipinski definition) is 5. The predicted octanol–water partition coefficient (Wildman–Crippen LogP) is 3.82. The van der Waals surface area contributed by atoms with E-state index in [-0.39, 0.29) is 11.9 Å². The average Bonchev–Trinajstić information content (AvgIpc) is 3.29. The number of rotatable bonds is 6. The van der Waals surface area contributed by atoms with Crippen LogP contribution in [0.3, 0.4) is 0 Å². The third-order valence-corrected chi connectivity index (χ3v) is 5.87. The van der Waals surface area contributed by atoms with Crippen LogP contribution in [0, 0.1) is 13.8 Å². The summed E-state index contributed by atoms with van der Waals surface area (Å²) < 4.78 is 5.59. The van der Waals surface area contributed by atoms with Crippen molar-refractivity contribution in [3.63, 3.8) is 0 Å². The smallest absolute Gasteiger partial charge is 0.251 e. The highest BCUT2D eigenvalue weighted by atomic mass is 16.5. The Bertz CT molecular complexity index is 1060. The summed E-state index contributed by atoms with van der Waals surface area (Å²) in [5, 5.41) is 3.13. The summed E-state index contributed by atoms with van der Waals surface area (Å²) in [4.78, 5) is 24.5. The van der Waals surface area contributed by atoms with Crippen molar-refractivity contribution in [3.05, 3.63) is 65.0 Å². The van der Waals surface area contributed by atoms with E-state index in [0.717, 1.165) is 46.8 Å². The fourth-order valence-electron chi connectivity index (χ4n) is 4.09. The molecule has 0 bridgehead atoms. The van der Waals surface area contributed by atoms with Crippen molar-refractivity contribution in [2.24, 2.45) is 0 Å². The number of aryl methyl sites for hydroxylation is 2. The van der Waals surface area contributed by atoms with Crippen LogP contribution in [0.4, 0.5) is 0 Å². The number of ether oxygens (including phenoxy) is 1. The van der Waals surface area contributed by atoms with Crippen LogP contribution in [0.15, 0.2) is 42.5 Å². The van der Waals surface area contributed by atoms with Crippen LogP contribution in [0.1, 0.15) is 46.2 Å². The molecule has 2 aromatic carbocycles. The lowest BCUT2D eigenvalue weighted by Crippen LogP contribution is -2.37. The molecule has 1 aliphatic heterocycles. The average molecular weight is 405 g/mol. The van der Waals surface area contributed by atoms with Gasteiger partial charge in [0.05, 0.1) is 35.6 Å². The summed E-state index contributed by atoms with van der Waals surface area (Å²) >= 11 is 0. The van der Waals surface area contributed by atoms with Crippen LogP contribution in [-0.4, -0.2) is 47.5 Å². The highest BCUT2D eigenvalue weighted by Gasteiger charge is 2.26. The molecular formula is C24H28N4O2. The van der Waals surface area contributed by atoms with Gasteiger partial charge in [-0.3, -0.25) is 9.69 Å². The first-order chi connectivity index (χ1) is 14.6. The predicted molar refractivity (Wildman–Crippen MR) is 118 cm³/mol. The Morgan fingerprint density at radius 3 is 2.50 bits per heavy atom. The summed E-state index contributed by atoms with van der Waals surface area (Å²) in [6, 6.07) is 13.6. The number of fused-ring (bicyclic) bond motifs is 1. The number of para-hydroxylation sites is 1. The van der Waals surface area contributed by atoms with E-state index in [1.807, 2.05) is 50.2 Å². The first-order valence-electron chi connectivity index (χ1n) is 10.5. The van der Waals surface area contributed by atoms with Crippen molar-refractivity contribution in [1.82, 2.24) is 20.2 Å². The minimum Gasteiger partial charge on any atom is -0.496 e.